The molecule has 21 nitrogen and oxygen atoms in total. The Kier molecular flexibility index (Phi) is 58.9. The van der Waals surface area contributed by atoms with Gasteiger partial charge in [-0.2, -0.15) is 0 Å². The molecular formula is C64H77Cl15O21. The molecule has 0 aliphatic heterocycles. The lowest BCUT2D eigenvalue weighted by atomic mass is 10.1. The van der Waals surface area contributed by atoms with Gasteiger partial charge in [-0.05, 0) is 138 Å². The highest BCUT2D eigenvalue weighted by Gasteiger charge is 2.27. The minimum Gasteiger partial charge on any atom is -0.496 e. The Bertz CT molecular complexity index is 3100. The normalized spacial score (nSPS) is 16.2. The van der Waals surface area contributed by atoms with Crippen molar-refractivity contribution in [3.63, 3.8) is 0 Å². The zero-order valence-corrected chi connectivity index (χ0v) is 65.6. The molecular weight excluding hydrogens is 1640 g/mol. The Morgan fingerprint density at radius 1 is 0.750 bits per heavy atom. The van der Waals surface area contributed by atoms with Crippen LogP contribution in [0, 0.1) is 0 Å². The van der Waals surface area contributed by atoms with Crippen LogP contribution >= 0.6 is 174 Å². The SMILES string of the molecule is C/C=C(OCCO)\C(Cl)=C/CCl.CC(OC1C=C(Cl)C(Cl)=CC1Cl)C(O)O.CC(Oc1ccc(Cl)cc1Cl)C(=O)O.CCCCOC(O)CO/C=C/CC(Cl)/C=C/Cl.COC(=O)COC1=CCC(Cl)C=C1Cl.COc1c(Cl)ccc(Cl)c1C(=O)O.C[C@@H](Oc1ccc(Cl)cc1Cl)C(=O)O.O. The molecule has 0 fully saturated rings. The third-order valence-corrected chi connectivity index (χ3v) is 15.6. The molecule has 564 valence electrons. The smallest absolute Gasteiger partial charge is 0.344 e. The number of carboxylic acids is 3. The molecule has 0 bridgehead atoms. The van der Waals surface area contributed by atoms with Crippen molar-refractivity contribution in [3.05, 3.63) is 176 Å². The average molecular weight is 1710 g/mol. The molecule has 36 heteroatoms. The van der Waals surface area contributed by atoms with Crippen molar-refractivity contribution < 1.29 is 103 Å². The van der Waals surface area contributed by atoms with Gasteiger partial charge in [0, 0.05) is 28.1 Å². The summed E-state index contributed by atoms with van der Waals surface area (Å²) in [5.41, 5.74) is 1.27. The van der Waals surface area contributed by atoms with Gasteiger partial charge in [0.25, 0.3) is 0 Å². The van der Waals surface area contributed by atoms with E-state index in [9.17, 15) is 24.3 Å². The van der Waals surface area contributed by atoms with E-state index >= 15 is 0 Å². The molecule has 0 saturated carbocycles. The minimum absolute atomic E-state index is 0. The van der Waals surface area contributed by atoms with Crippen LogP contribution in [0.2, 0.25) is 30.1 Å². The lowest BCUT2D eigenvalue weighted by Gasteiger charge is -2.26. The first-order valence-corrected chi connectivity index (χ1v) is 34.7. The van der Waals surface area contributed by atoms with E-state index in [2.05, 4.69) is 11.7 Å². The van der Waals surface area contributed by atoms with E-state index in [-0.39, 0.29) is 64.0 Å². The molecule has 7 unspecified atom stereocenters. The zero-order valence-electron chi connectivity index (χ0n) is 54.3. The van der Waals surface area contributed by atoms with Gasteiger partial charge >= 0.3 is 23.9 Å². The minimum atomic E-state index is -1.55. The van der Waals surface area contributed by atoms with Gasteiger partial charge in [-0.15, -0.1) is 46.4 Å². The van der Waals surface area contributed by atoms with E-state index in [1.54, 1.807) is 67.7 Å². The van der Waals surface area contributed by atoms with Crippen LogP contribution in [-0.4, -0.2) is 171 Å². The Hall–Kier alpha value is -3.67. The summed E-state index contributed by atoms with van der Waals surface area (Å²) in [6.45, 7) is 8.99. The lowest BCUT2D eigenvalue weighted by molar-refractivity contribution is -0.148. The summed E-state index contributed by atoms with van der Waals surface area (Å²) in [5, 5.41) is 64.3. The highest BCUT2D eigenvalue weighted by Crippen LogP contribution is 2.35. The number of carbonyl (C=O) groups excluding carboxylic acids is 1. The predicted octanol–water partition coefficient (Wildman–Crippen LogP) is 17.4. The predicted molar refractivity (Wildman–Crippen MR) is 399 cm³/mol. The number of alkyl halides is 4. The van der Waals surface area contributed by atoms with Crippen molar-refractivity contribution in [2.75, 3.05) is 53.1 Å². The lowest BCUT2D eigenvalue weighted by Crippen LogP contribution is -2.34. The number of hydrogen-bond donors (Lipinski definition) is 7. The number of carbonyl (C=O) groups is 4. The fourth-order valence-corrected chi connectivity index (χ4v) is 9.68. The number of aliphatic hydroxyl groups excluding tert-OH is 3. The van der Waals surface area contributed by atoms with Crippen LogP contribution in [0.25, 0.3) is 0 Å². The van der Waals surface area contributed by atoms with Crippen LogP contribution in [0.5, 0.6) is 17.2 Å². The number of methoxy groups -OCH3 is 2. The van der Waals surface area contributed by atoms with E-state index in [4.69, 9.17) is 243 Å². The van der Waals surface area contributed by atoms with E-state index in [1.165, 1.54) is 83.2 Å². The summed E-state index contributed by atoms with van der Waals surface area (Å²) in [6, 6.07) is 12.1. The van der Waals surface area contributed by atoms with Gasteiger partial charge in [-0.25, -0.2) is 19.2 Å². The molecule has 9 N–H and O–H groups in total. The molecule has 0 heterocycles. The molecule has 2 aliphatic rings. The number of aliphatic hydroxyl groups is 4. The third-order valence-electron chi connectivity index (χ3n) is 11.2. The summed E-state index contributed by atoms with van der Waals surface area (Å²) in [4.78, 5) is 42.5. The second-order valence-corrected chi connectivity index (χ2v) is 25.2. The molecule has 3 aromatic rings. The summed E-state index contributed by atoms with van der Waals surface area (Å²) in [7, 11) is 2.64. The maximum atomic E-state index is 10.8. The maximum Gasteiger partial charge on any atom is 0.344 e. The standard InChI is InChI=1S/C12H20Cl2O3.C9H11Cl3O3.C9H10Cl2O3.2C9H8Cl2O3.C8H6Cl2O3.C8H12Cl2O2.H2O/c1-2-3-9-17-12(15)10-16-8-4-5-11(14)6-7-13;1-4(9(13)14)15-8-3-6(11)5(10)2-7(8)12;1-13-9(12)5-14-8-3-2-6(10)4-7(8)11;2*1-5(9(12)13)14-8-3-2-6(10)4-7(8)11;1-13-7-5(10)3-2-4(9)6(7)8(11)12;1-2-8(12-6-5-11)7(10)3-4-9;/h4,6-8,11-12,15H,2-3,5,9-10H2,1H3;2-4,7-9,13-14H,1H3;3-4,6H,2,5H2,1H3;2*2-5H,1H3,(H,12,13);2-3H,1H3,(H,11,12);2-3,11H,4-6H2,1H3;1H2/b7-6+,8-4+;;;;;;7-3+,8-2+;/t;;;5-;;;;/m...1..../s1. The largest absolute Gasteiger partial charge is 0.496 e. The third kappa shape index (κ3) is 45.5. The van der Waals surface area contributed by atoms with Crippen molar-refractivity contribution in [3.8, 4) is 17.2 Å². The van der Waals surface area contributed by atoms with E-state index in [0.717, 1.165) is 12.8 Å². The van der Waals surface area contributed by atoms with Crippen LogP contribution in [0.1, 0.15) is 70.7 Å². The van der Waals surface area contributed by atoms with E-state index in [0.29, 0.717) is 88.6 Å². The van der Waals surface area contributed by atoms with Gasteiger partial charge in [0.2, 0.25) is 0 Å². The quantitative estimate of drug-likeness (QED) is 0.00848. The fraction of sp³-hybridized carbons (Fsp3) is 0.406. The molecule has 100 heavy (non-hydrogen) atoms. The van der Waals surface area contributed by atoms with Gasteiger partial charge in [-0.3, -0.25) is 0 Å². The Morgan fingerprint density at radius 3 is 1.74 bits per heavy atom. The highest BCUT2D eigenvalue weighted by molar-refractivity contribution is 6.44. The van der Waals surface area contributed by atoms with Gasteiger partial charge in [0.15, 0.2) is 37.1 Å². The molecule has 0 radical (unpaired) electrons. The van der Waals surface area contributed by atoms with Gasteiger partial charge in [-0.1, -0.05) is 147 Å². The van der Waals surface area contributed by atoms with Crippen LogP contribution in [0.3, 0.4) is 0 Å². The van der Waals surface area contributed by atoms with Crippen molar-refractivity contribution in [2.45, 2.75) is 113 Å². The molecule has 0 saturated heterocycles. The molecule has 8 atom stereocenters. The number of benzene rings is 3. The van der Waals surface area contributed by atoms with Crippen LogP contribution in [0.4, 0.5) is 0 Å². The number of allylic oxidation sites excluding steroid dienone is 10. The molecule has 0 aromatic heterocycles. The van der Waals surface area contributed by atoms with Crippen LogP contribution in [0.15, 0.2) is 141 Å². The Balaban J connectivity index is -0.00000110. The molecule has 0 amide bonds. The van der Waals surface area contributed by atoms with Gasteiger partial charge in [0.1, 0.15) is 47.9 Å². The van der Waals surface area contributed by atoms with Crippen LogP contribution < -0.4 is 14.2 Å². The summed E-state index contributed by atoms with van der Waals surface area (Å²) in [6.07, 6.45) is 12.5. The monoisotopic (exact) mass is 1710 g/mol. The molecule has 0 spiro atoms. The van der Waals surface area contributed by atoms with Crippen molar-refractivity contribution >= 4 is 198 Å². The van der Waals surface area contributed by atoms with Gasteiger partial charge in [0.05, 0.1) is 89.5 Å². The molecule has 3 aromatic carbocycles. The number of rotatable bonds is 29. The number of esters is 1. The Morgan fingerprint density at radius 2 is 1.30 bits per heavy atom. The zero-order chi connectivity index (χ0) is 75.9. The first kappa shape index (κ1) is 101. The maximum absolute atomic E-state index is 10.8. The van der Waals surface area contributed by atoms with E-state index < -0.39 is 66.3 Å². The summed E-state index contributed by atoms with van der Waals surface area (Å²) in [5.74, 6) is -1.61. The number of aliphatic carboxylic acids is 2. The molecule has 2 aliphatic carbocycles. The first-order valence-electron chi connectivity index (χ1n) is 28.7. The second kappa shape index (κ2) is 58.6. The summed E-state index contributed by atoms with van der Waals surface area (Å²) >= 11 is 85.8. The second-order valence-electron chi connectivity index (χ2n) is 18.9. The number of aromatic carboxylic acids is 1. The van der Waals surface area contributed by atoms with Crippen molar-refractivity contribution in [1.82, 2.24) is 0 Å². The number of hydrogen-bond acceptors (Lipinski definition) is 17. The van der Waals surface area contributed by atoms with Crippen LogP contribution in [-0.2, 0) is 42.8 Å². The van der Waals surface area contributed by atoms with Gasteiger partial charge < -0.3 is 83.9 Å². The molecule has 5 rings (SSSR count). The van der Waals surface area contributed by atoms with Crippen molar-refractivity contribution in [2.24, 2.45) is 0 Å². The number of halogens is 15. The number of unbranched alkanes of at least 4 members (excludes halogenated alkanes) is 1. The van der Waals surface area contributed by atoms with E-state index in [1.807, 2.05) is 0 Å². The Labute approximate surface area is 655 Å². The fourth-order valence-electron chi connectivity index (χ4n) is 6.14. The average Bonchev–Trinajstić information content (AvgIpc) is 0.836. The summed E-state index contributed by atoms with van der Waals surface area (Å²) < 4.78 is 45.1. The first-order chi connectivity index (χ1) is 46.6. The van der Waals surface area contributed by atoms with Crippen molar-refractivity contribution in [1.29, 1.82) is 0 Å². The number of ether oxygens (including phenoxy) is 9. The highest BCUT2D eigenvalue weighted by atomic mass is 35.5. The topological polar surface area (TPSA) is 324 Å². The number of carboxylic acid groups (broad SMARTS) is 3.